The Balaban J connectivity index is 2.56. The van der Waals surface area contributed by atoms with Crippen LogP contribution >= 0.6 is 12.2 Å². The lowest BCUT2D eigenvalue weighted by atomic mass is 9.95. The Morgan fingerprint density at radius 3 is 2.85 bits per heavy atom. The lowest BCUT2D eigenvalue weighted by molar-refractivity contribution is -0.0349. The smallest absolute Gasteiger partial charge is 0.168 e. The van der Waals surface area contributed by atoms with Crippen LogP contribution < -0.4 is 5.32 Å². The Morgan fingerprint density at radius 1 is 1.62 bits per heavy atom. The van der Waals surface area contributed by atoms with E-state index in [1.165, 1.54) is 0 Å². The van der Waals surface area contributed by atoms with Crippen molar-refractivity contribution in [1.29, 1.82) is 0 Å². The lowest BCUT2D eigenvalue weighted by Gasteiger charge is -2.40. The van der Waals surface area contributed by atoms with Crippen molar-refractivity contribution < 1.29 is 4.74 Å². The van der Waals surface area contributed by atoms with Gasteiger partial charge < -0.3 is 15.0 Å². The molecule has 0 spiro atoms. The van der Waals surface area contributed by atoms with Crippen LogP contribution in [-0.2, 0) is 4.74 Å². The number of methoxy groups -OCH3 is 1. The lowest BCUT2D eigenvalue weighted by Crippen LogP contribution is -2.51. The van der Waals surface area contributed by atoms with Gasteiger partial charge in [-0.15, -0.1) is 0 Å². The van der Waals surface area contributed by atoms with E-state index in [-0.39, 0.29) is 5.60 Å². The Morgan fingerprint density at radius 2 is 2.31 bits per heavy atom. The molecule has 0 saturated carbocycles. The Labute approximate surface area is 85.4 Å². The molecule has 1 aliphatic heterocycles. The molecule has 1 aliphatic rings. The highest BCUT2D eigenvalue weighted by Gasteiger charge is 2.31. The predicted octanol–water partition coefficient (Wildman–Crippen LogP) is 0.992. The van der Waals surface area contributed by atoms with E-state index < -0.39 is 0 Å². The summed E-state index contributed by atoms with van der Waals surface area (Å²) in [7, 11) is 3.63. The minimum absolute atomic E-state index is 0.0286. The van der Waals surface area contributed by atoms with E-state index in [9.17, 15) is 0 Å². The Bertz CT molecular complexity index is 198. The molecule has 0 aliphatic carbocycles. The third-order valence-corrected chi connectivity index (χ3v) is 3.12. The van der Waals surface area contributed by atoms with Gasteiger partial charge in [0.1, 0.15) is 0 Å². The summed E-state index contributed by atoms with van der Waals surface area (Å²) in [4.78, 5) is 2.17. The van der Waals surface area contributed by atoms with Crippen molar-refractivity contribution in [2.45, 2.75) is 25.4 Å². The number of thiocarbonyl (C=S) groups is 1. The molecule has 0 bridgehead atoms. The van der Waals surface area contributed by atoms with Gasteiger partial charge in [0.2, 0.25) is 0 Å². The number of nitrogens with zero attached hydrogens (tertiary/aromatic N) is 1. The van der Waals surface area contributed by atoms with E-state index in [1.807, 2.05) is 7.05 Å². The molecule has 1 rings (SSSR count). The standard InChI is InChI=1S/C9H18N2OS/c1-9(12-3)5-4-6-11(7-9)8(13)10-2/h4-7H2,1-3H3,(H,10,13). The fourth-order valence-corrected chi connectivity index (χ4v) is 1.86. The monoisotopic (exact) mass is 202 g/mol. The molecule has 1 unspecified atom stereocenters. The average Bonchev–Trinajstić information content (AvgIpc) is 2.17. The average molecular weight is 202 g/mol. The Hall–Kier alpha value is -0.350. The molecule has 3 nitrogen and oxygen atoms in total. The van der Waals surface area contributed by atoms with E-state index >= 15 is 0 Å². The van der Waals surface area contributed by atoms with E-state index in [0.717, 1.165) is 31.0 Å². The fraction of sp³-hybridized carbons (Fsp3) is 0.889. The van der Waals surface area contributed by atoms with Crippen molar-refractivity contribution in [2.24, 2.45) is 0 Å². The molecular formula is C9H18N2OS. The summed E-state index contributed by atoms with van der Waals surface area (Å²) in [5, 5.41) is 3.82. The normalized spacial score (nSPS) is 28.7. The van der Waals surface area contributed by atoms with Crippen LogP contribution in [-0.4, -0.2) is 42.9 Å². The second kappa shape index (κ2) is 4.24. The van der Waals surface area contributed by atoms with Gasteiger partial charge in [-0.1, -0.05) is 0 Å². The van der Waals surface area contributed by atoms with Crippen LogP contribution in [0.4, 0.5) is 0 Å². The summed E-state index contributed by atoms with van der Waals surface area (Å²) >= 11 is 5.18. The van der Waals surface area contributed by atoms with Gasteiger partial charge in [0.25, 0.3) is 0 Å². The summed E-state index contributed by atoms with van der Waals surface area (Å²) in [6, 6.07) is 0. The zero-order chi connectivity index (χ0) is 9.90. The van der Waals surface area contributed by atoms with E-state index in [2.05, 4.69) is 17.1 Å². The number of hydrogen-bond donors (Lipinski definition) is 1. The first kappa shape index (κ1) is 10.7. The first-order chi connectivity index (χ1) is 6.11. The second-order valence-corrected chi connectivity index (χ2v) is 4.12. The maximum Gasteiger partial charge on any atom is 0.168 e. The zero-order valence-corrected chi connectivity index (χ0v) is 9.41. The molecule has 0 radical (unpaired) electrons. The quantitative estimate of drug-likeness (QED) is 0.641. The van der Waals surface area contributed by atoms with Gasteiger partial charge in [0, 0.05) is 27.2 Å². The molecule has 4 heteroatoms. The maximum absolute atomic E-state index is 5.47. The van der Waals surface area contributed by atoms with Crippen molar-refractivity contribution in [1.82, 2.24) is 10.2 Å². The summed E-state index contributed by atoms with van der Waals surface area (Å²) < 4.78 is 5.47. The van der Waals surface area contributed by atoms with Crippen LogP contribution in [0.15, 0.2) is 0 Å². The van der Waals surface area contributed by atoms with Crippen molar-refractivity contribution in [3.05, 3.63) is 0 Å². The van der Waals surface area contributed by atoms with Gasteiger partial charge in [0.15, 0.2) is 5.11 Å². The topological polar surface area (TPSA) is 24.5 Å². The molecule has 1 atom stereocenters. The minimum atomic E-state index is -0.0286. The number of hydrogen-bond acceptors (Lipinski definition) is 2. The minimum Gasteiger partial charge on any atom is -0.377 e. The number of likely N-dealkylation sites (tertiary alicyclic amines) is 1. The number of nitrogens with one attached hydrogen (secondary N) is 1. The van der Waals surface area contributed by atoms with Gasteiger partial charge in [-0.25, -0.2) is 0 Å². The van der Waals surface area contributed by atoms with E-state index in [4.69, 9.17) is 17.0 Å². The van der Waals surface area contributed by atoms with Crippen molar-refractivity contribution in [3.63, 3.8) is 0 Å². The summed E-state index contributed by atoms with van der Waals surface area (Å²) in [6.45, 7) is 4.07. The van der Waals surface area contributed by atoms with Crippen LogP contribution in [0.5, 0.6) is 0 Å². The predicted molar refractivity (Wildman–Crippen MR) is 57.9 cm³/mol. The number of piperidine rings is 1. The van der Waals surface area contributed by atoms with Crippen LogP contribution in [0.1, 0.15) is 19.8 Å². The van der Waals surface area contributed by atoms with Gasteiger partial charge in [-0.3, -0.25) is 0 Å². The molecule has 1 heterocycles. The van der Waals surface area contributed by atoms with E-state index in [0.29, 0.717) is 0 Å². The van der Waals surface area contributed by atoms with Crippen molar-refractivity contribution in [3.8, 4) is 0 Å². The Kier molecular flexibility index (Phi) is 3.50. The molecule has 0 aromatic carbocycles. The molecule has 1 N–H and O–H groups in total. The van der Waals surface area contributed by atoms with Crippen LogP contribution in [0, 0.1) is 0 Å². The van der Waals surface area contributed by atoms with E-state index in [1.54, 1.807) is 7.11 Å². The first-order valence-electron chi connectivity index (χ1n) is 4.63. The number of rotatable bonds is 1. The fourth-order valence-electron chi connectivity index (χ4n) is 1.70. The van der Waals surface area contributed by atoms with Gasteiger partial charge in [-0.2, -0.15) is 0 Å². The van der Waals surface area contributed by atoms with Gasteiger partial charge in [-0.05, 0) is 32.0 Å². The molecular weight excluding hydrogens is 184 g/mol. The molecule has 76 valence electrons. The van der Waals surface area contributed by atoms with Crippen molar-refractivity contribution in [2.75, 3.05) is 27.2 Å². The molecule has 1 fully saturated rings. The van der Waals surface area contributed by atoms with Crippen LogP contribution in [0.25, 0.3) is 0 Å². The van der Waals surface area contributed by atoms with Crippen molar-refractivity contribution >= 4 is 17.3 Å². The SMILES string of the molecule is CNC(=S)N1CCCC(C)(OC)C1. The zero-order valence-electron chi connectivity index (χ0n) is 8.59. The highest BCUT2D eigenvalue weighted by Crippen LogP contribution is 2.23. The van der Waals surface area contributed by atoms with Gasteiger partial charge in [0.05, 0.1) is 5.60 Å². The molecule has 1 saturated heterocycles. The van der Waals surface area contributed by atoms with Crippen LogP contribution in [0.2, 0.25) is 0 Å². The highest BCUT2D eigenvalue weighted by atomic mass is 32.1. The third kappa shape index (κ3) is 2.54. The molecule has 0 aromatic heterocycles. The summed E-state index contributed by atoms with van der Waals surface area (Å²) in [6.07, 6.45) is 2.26. The highest BCUT2D eigenvalue weighted by molar-refractivity contribution is 7.80. The van der Waals surface area contributed by atoms with Gasteiger partial charge >= 0.3 is 0 Å². The first-order valence-corrected chi connectivity index (χ1v) is 5.04. The molecule has 0 aromatic rings. The third-order valence-electron chi connectivity index (χ3n) is 2.65. The van der Waals surface area contributed by atoms with Crippen LogP contribution in [0.3, 0.4) is 0 Å². The molecule has 13 heavy (non-hydrogen) atoms. The summed E-state index contributed by atoms with van der Waals surface area (Å²) in [5.41, 5.74) is -0.0286. The largest absolute Gasteiger partial charge is 0.377 e. The second-order valence-electron chi connectivity index (χ2n) is 3.73. The molecule has 0 amide bonds. The summed E-state index contributed by atoms with van der Waals surface area (Å²) in [5.74, 6) is 0. The number of ether oxygens (including phenoxy) is 1. The maximum atomic E-state index is 5.47.